The second-order valence-electron chi connectivity index (χ2n) is 24.1. The van der Waals surface area contributed by atoms with Gasteiger partial charge in [0.05, 0.1) is 32.2 Å². The minimum absolute atomic E-state index is 0. The highest BCUT2D eigenvalue weighted by Crippen LogP contribution is 2.28. The van der Waals surface area contributed by atoms with Gasteiger partial charge in [-0.1, -0.05) is 100 Å². The molecule has 0 aliphatic carbocycles. The third-order valence-corrected chi connectivity index (χ3v) is 43.2. The summed E-state index contributed by atoms with van der Waals surface area (Å²) in [5.74, 6) is -0.290. The number of allylic oxidation sites excluding steroid dienone is 1. The highest BCUT2D eigenvalue weighted by Gasteiger charge is 2.41. The fraction of sp³-hybridized carbons (Fsp3) is 0.810. The van der Waals surface area contributed by atoms with Crippen molar-refractivity contribution in [2.45, 2.75) is 282 Å². The molecule has 14 nitrogen and oxygen atoms in total. The summed E-state index contributed by atoms with van der Waals surface area (Å²) in [5, 5.41) is 0. The SMILES string of the molecule is C.C.C.C.C.C.C.C.C.C=C(C)C(=O)OCCC[Si](C)(C)O[Si](C)(C)O[Si](C)(C)C.C=C(C)C(=O)OCCC[Si](C)(C)O[Si](C)(C)O[Si](C)(C)CC.C=C(C)OCOCCC[Si](C)(C)O[Si](C)(C)O[Si](C)(C)CCCOC(=O)C(=C)C. The molecule has 0 aliphatic rings. The van der Waals surface area contributed by atoms with Crippen LogP contribution in [0.3, 0.4) is 0 Å². The molecule has 0 aromatic carbocycles. The zero-order valence-corrected chi connectivity index (χ0v) is 59.4. The largest absolute Gasteiger partial charge is 0.473 e. The van der Waals surface area contributed by atoms with Crippen LogP contribution in [0.1, 0.15) is 127 Å². The topological polar surface area (TPSA) is 153 Å². The summed E-state index contributed by atoms with van der Waals surface area (Å²) >= 11 is 0. The average Bonchev–Trinajstić information content (AvgIpc) is 3.14. The first kappa shape index (κ1) is 108. The van der Waals surface area contributed by atoms with Gasteiger partial charge < -0.3 is 48.4 Å². The minimum atomic E-state index is -2.24. The van der Waals surface area contributed by atoms with Gasteiger partial charge in [-0.3, -0.25) is 0 Å². The fourth-order valence-electron chi connectivity index (χ4n) is 7.56. The van der Waals surface area contributed by atoms with Crippen molar-refractivity contribution in [3.8, 4) is 0 Å². The van der Waals surface area contributed by atoms with Gasteiger partial charge in [0.2, 0.25) is 0 Å². The van der Waals surface area contributed by atoms with E-state index in [9.17, 15) is 14.4 Å². The minimum Gasteiger partial charge on any atom is -0.473 e. The van der Waals surface area contributed by atoms with E-state index >= 15 is 0 Å². The van der Waals surface area contributed by atoms with E-state index in [-0.39, 0.29) is 91.5 Å². The molecular formula is C58H144O14Si9. The first-order chi connectivity index (χ1) is 32.2. The molecule has 0 bridgehead atoms. The summed E-state index contributed by atoms with van der Waals surface area (Å²) in [5.41, 5.74) is 1.32. The highest BCUT2D eigenvalue weighted by molar-refractivity contribution is 6.89. The zero-order valence-electron chi connectivity index (χ0n) is 50.4. The fourth-order valence-corrected chi connectivity index (χ4v) is 47.9. The second kappa shape index (κ2) is 48.9. The first-order valence-electron chi connectivity index (χ1n) is 25.7. The summed E-state index contributed by atoms with van der Waals surface area (Å²) in [6, 6.07) is 4.96. The van der Waals surface area contributed by atoms with Crippen LogP contribution < -0.4 is 0 Å². The number of hydrogen-bond acceptors (Lipinski definition) is 14. The Balaban J connectivity index is -0.0000000847. The summed E-state index contributed by atoms with van der Waals surface area (Å²) in [4.78, 5) is 34.1. The molecule has 0 atom stereocenters. The van der Waals surface area contributed by atoms with E-state index in [1.54, 1.807) is 27.7 Å². The van der Waals surface area contributed by atoms with E-state index in [1.165, 1.54) is 0 Å². The lowest BCUT2D eigenvalue weighted by molar-refractivity contribution is -0.139. The summed E-state index contributed by atoms with van der Waals surface area (Å²) in [6.45, 7) is 67.2. The van der Waals surface area contributed by atoms with Crippen molar-refractivity contribution in [1.82, 2.24) is 0 Å². The van der Waals surface area contributed by atoms with Gasteiger partial charge in [-0.15, -0.1) is 0 Å². The summed E-state index contributed by atoms with van der Waals surface area (Å²) < 4.78 is 64.7. The molecule has 0 aromatic heterocycles. The third-order valence-electron chi connectivity index (χ3n) is 9.98. The van der Waals surface area contributed by atoms with Gasteiger partial charge in [0.1, 0.15) is 0 Å². The zero-order chi connectivity index (χ0) is 57.2. The van der Waals surface area contributed by atoms with Crippen LogP contribution in [-0.4, -0.2) is 127 Å². The maximum absolute atomic E-state index is 11.5. The number of ether oxygens (including phenoxy) is 5. The normalized spacial score (nSPS) is 11.5. The van der Waals surface area contributed by atoms with Crippen LogP contribution >= 0.6 is 0 Å². The van der Waals surface area contributed by atoms with Gasteiger partial charge >= 0.3 is 43.6 Å². The average molecular weight is 1320 g/mol. The van der Waals surface area contributed by atoms with Crippen molar-refractivity contribution in [1.29, 1.82) is 0 Å². The van der Waals surface area contributed by atoms with E-state index < -0.39 is 75.6 Å². The van der Waals surface area contributed by atoms with E-state index in [2.05, 4.69) is 158 Å². The molecule has 23 heteroatoms. The second-order valence-corrected chi connectivity index (χ2v) is 61.9. The molecule has 0 aromatic rings. The summed E-state index contributed by atoms with van der Waals surface area (Å²) in [6.07, 6.45) is 3.40. The Labute approximate surface area is 516 Å². The van der Waals surface area contributed by atoms with Gasteiger partial charge in [-0.25, -0.2) is 14.4 Å². The molecule has 81 heavy (non-hydrogen) atoms. The third kappa shape index (κ3) is 66.2. The van der Waals surface area contributed by atoms with Gasteiger partial charge in [0.25, 0.3) is 0 Å². The lowest BCUT2D eigenvalue weighted by Gasteiger charge is -2.38. The number of carbonyl (C=O) groups is 3. The Morgan fingerprint density at radius 1 is 0.333 bits per heavy atom. The summed E-state index contributed by atoms with van der Waals surface area (Å²) in [7, 11) is -16.9. The van der Waals surface area contributed by atoms with Crippen LogP contribution in [0.5, 0.6) is 0 Å². The van der Waals surface area contributed by atoms with Gasteiger partial charge in [0, 0.05) is 16.7 Å². The molecule has 0 fully saturated rings. The Bertz CT molecular complexity index is 1700. The molecule has 0 saturated heterocycles. The Hall–Kier alpha value is -1.16. The van der Waals surface area contributed by atoms with Crippen LogP contribution in [0.2, 0.25) is 155 Å². The molecule has 0 N–H and O–H groups in total. The molecule has 0 spiro atoms. The number of carbonyl (C=O) groups excluding carboxylic acids is 3. The van der Waals surface area contributed by atoms with Crippen LogP contribution in [0.4, 0.5) is 0 Å². The van der Waals surface area contributed by atoms with Crippen LogP contribution in [0.15, 0.2) is 48.8 Å². The first-order valence-corrected chi connectivity index (χ1v) is 53.2. The van der Waals surface area contributed by atoms with Crippen molar-refractivity contribution in [2.24, 2.45) is 0 Å². The van der Waals surface area contributed by atoms with Gasteiger partial charge in [-0.2, -0.15) is 0 Å². The van der Waals surface area contributed by atoms with E-state index in [0.717, 1.165) is 55.9 Å². The van der Waals surface area contributed by atoms with Crippen molar-refractivity contribution in [2.75, 3.05) is 33.2 Å². The predicted molar refractivity (Wildman–Crippen MR) is 383 cm³/mol. The smallest absolute Gasteiger partial charge is 0.333 e. The predicted octanol–water partition coefficient (Wildman–Crippen LogP) is 20.2. The standard InChI is InChI=1S/C20H42O6Si3.C15H34O4Si3.C14H32O4Si3.9CH4/c1-18(2)20(21)23-14-12-16-28(7,8)26-29(9,10)25-27(5,6)15-11-13-22-17-24-19(3)4;1-10-20(4,5)18-22(8,9)19-21(6,7)13-11-12-17-15(16)14(2)3;1-13(2)14(15)16-11-10-12-20(6,7)18-21(8,9)17-19(3,4)5;;;;;;;;;/h1,3,11-17H2,2,4-10H3;2,10-13H2,1,3-9H3;1,10-12H2,2-9H3;9*1H4. The van der Waals surface area contributed by atoms with Crippen LogP contribution in [-0.2, 0) is 62.8 Å². The molecule has 0 aliphatic heterocycles. The molecular weight excluding hydrogens is 1170 g/mol. The lowest BCUT2D eigenvalue weighted by atomic mass is 10.4. The molecule has 0 unspecified atom stereocenters. The van der Waals surface area contributed by atoms with E-state index in [0.29, 0.717) is 48.9 Å². The Morgan fingerprint density at radius 3 is 0.765 bits per heavy atom. The van der Waals surface area contributed by atoms with Gasteiger partial charge in [0.15, 0.2) is 56.7 Å². The number of esters is 3. The van der Waals surface area contributed by atoms with Crippen molar-refractivity contribution >= 4 is 93.5 Å². The monoisotopic (exact) mass is 1320 g/mol. The Kier molecular flexibility index (Phi) is 65.1. The van der Waals surface area contributed by atoms with E-state index in [1.807, 2.05) is 0 Å². The number of rotatable bonds is 35. The molecule has 0 rings (SSSR count). The van der Waals surface area contributed by atoms with Gasteiger partial charge in [-0.05, 0) is 208 Å². The van der Waals surface area contributed by atoms with Crippen molar-refractivity contribution < 1.29 is 62.8 Å². The van der Waals surface area contributed by atoms with Crippen molar-refractivity contribution in [3.63, 3.8) is 0 Å². The Morgan fingerprint density at radius 2 is 0.556 bits per heavy atom. The molecule has 0 saturated carbocycles. The highest BCUT2D eigenvalue weighted by atomic mass is 28.5. The maximum atomic E-state index is 11.5. The van der Waals surface area contributed by atoms with Crippen LogP contribution in [0, 0.1) is 0 Å². The maximum Gasteiger partial charge on any atom is 0.333 e. The lowest BCUT2D eigenvalue weighted by Crippen LogP contribution is -2.52. The quantitative estimate of drug-likeness (QED) is 0.0112. The van der Waals surface area contributed by atoms with Crippen LogP contribution in [0.25, 0.3) is 0 Å². The molecule has 496 valence electrons. The van der Waals surface area contributed by atoms with E-state index in [4.69, 9.17) is 48.4 Å². The van der Waals surface area contributed by atoms with Crippen molar-refractivity contribution in [3.05, 3.63) is 48.8 Å². The molecule has 0 heterocycles. The molecule has 0 radical (unpaired) electrons. The number of hydrogen-bond donors (Lipinski definition) is 0. The molecule has 0 amide bonds.